The van der Waals surface area contributed by atoms with E-state index >= 15 is 0 Å². The second-order valence-electron chi connectivity index (χ2n) is 10.5. The minimum atomic E-state index is -0.950. The van der Waals surface area contributed by atoms with Crippen molar-refractivity contribution in [1.29, 1.82) is 0 Å². The van der Waals surface area contributed by atoms with Gasteiger partial charge in [0.1, 0.15) is 18.5 Å². The maximum Gasteiger partial charge on any atom is 0.306 e. The summed E-state index contributed by atoms with van der Waals surface area (Å²) >= 11 is 0. The van der Waals surface area contributed by atoms with Gasteiger partial charge < -0.3 is 24.4 Å². The van der Waals surface area contributed by atoms with Crippen molar-refractivity contribution in [1.82, 2.24) is 0 Å². The van der Waals surface area contributed by atoms with Gasteiger partial charge in [0, 0.05) is 13.5 Å². The van der Waals surface area contributed by atoms with Crippen LogP contribution >= 0.6 is 0 Å². The summed E-state index contributed by atoms with van der Waals surface area (Å²) in [7, 11) is 1.46. The summed E-state index contributed by atoms with van der Waals surface area (Å²) in [6, 6.07) is 6.14. The molecule has 1 aromatic rings. The third-order valence-electron chi connectivity index (χ3n) is 7.96. The van der Waals surface area contributed by atoms with E-state index in [1.54, 1.807) is 0 Å². The number of aliphatic hydroxyl groups excluding tert-OH is 2. The van der Waals surface area contributed by atoms with Crippen molar-refractivity contribution in [3.05, 3.63) is 29.3 Å². The topological polar surface area (TPSA) is 85.2 Å². The molecule has 0 bridgehead atoms. The van der Waals surface area contributed by atoms with Crippen molar-refractivity contribution in [2.75, 3.05) is 13.7 Å². The standard InChI is InChI=1S/C29H46O6/c1-4-6-8-11-22(30)14-15-23-24-16-20-10-9-12-26(34-19-29(32)33-3)25(20)17-21(24)18-27(23)35-28(31)13-7-5-2/h9-10,12,21-24,27,29-30,32H,4-8,11,13-19H2,1-3H3/t21-,22+,23+,24-,27+,29?/m0/s1. The first-order chi connectivity index (χ1) is 17.0. The van der Waals surface area contributed by atoms with Gasteiger partial charge in [-0.1, -0.05) is 51.7 Å². The van der Waals surface area contributed by atoms with Crippen LogP contribution in [0.25, 0.3) is 0 Å². The molecule has 35 heavy (non-hydrogen) atoms. The van der Waals surface area contributed by atoms with Crippen LogP contribution in [0.4, 0.5) is 0 Å². The molecule has 1 aromatic carbocycles. The predicted molar refractivity (Wildman–Crippen MR) is 136 cm³/mol. The van der Waals surface area contributed by atoms with Gasteiger partial charge in [-0.15, -0.1) is 0 Å². The van der Waals surface area contributed by atoms with Crippen molar-refractivity contribution >= 4 is 5.97 Å². The lowest BCUT2D eigenvalue weighted by Gasteiger charge is -2.33. The number of benzene rings is 1. The van der Waals surface area contributed by atoms with E-state index in [1.165, 1.54) is 18.2 Å². The predicted octanol–water partition coefficient (Wildman–Crippen LogP) is 5.20. The Bertz CT molecular complexity index is 780. The fourth-order valence-electron chi connectivity index (χ4n) is 5.98. The molecule has 6 atom stereocenters. The van der Waals surface area contributed by atoms with Gasteiger partial charge >= 0.3 is 5.97 Å². The molecular weight excluding hydrogens is 444 g/mol. The molecule has 1 fully saturated rings. The van der Waals surface area contributed by atoms with Crippen LogP contribution in [0.15, 0.2) is 18.2 Å². The number of rotatable bonds is 15. The Morgan fingerprint density at radius 3 is 2.63 bits per heavy atom. The molecule has 0 radical (unpaired) electrons. The van der Waals surface area contributed by atoms with Gasteiger partial charge in [0.2, 0.25) is 0 Å². The van der Waals surface area contributed by atoms with Gasteiger partial charge in [0.05, 0.1) is 6.10 Å². The molecule has 198 valence electrons. The Hall–Kier alpha value is -1.63. The lowest BCUT2D eigenvalue weighted by molar-refractivity contribution is -0.151. The summed E-state index contributed by atoms with van der Waals surface area (Å²) in [5.74, 6) is 1.86. The normalized spacial score (nSPS) is 24.9. The number of aliphatic hydroxyl groups is 2. The van der Waals surface area contributed by atoms with Gasteiger partial charge in [0.25, 0.3) is 0 Å². The quantitative estimate of drug-likeness (QED) is 0.200. The summed E-state index contributed by atoms with van der Waals surface area (Å²) in [6.45, 7) is 4.36. The van der Waals surface area contributed by atoms with Gasteiger partial charge in [-0.3, -0.25) is 4.79 Å². The van der Waals surface area contributed by atoms with Crippen LogP contribution in [0.3, 0.4) is 0 Å². The average molecular weight is 491 g/mol. The maximum absolute atomic E-state index is 12.5. The lowest BCUT2D eigenvalue weighted by Crippen LogP contribution is -2.30. The average Bonchev–Trinajstić information content (AvgIpc) is 3.18. The minimum Gasteiger partial charge on any atom is -0.488 e. The van der Waals surface area contributed by atoms with E-state index in [0.29, 0.717) is 18.3 Å². The molecule has 3 rings (SSSR count). The molecule has 0 amide bonds. The zero-order chi connectivity index (χ0) is 25.2. The molecule has 0 heterocycles. The van der Waals surface area contributed by atoms with Crippen molar-refractivity contribution in [2.24, 2.45) is 17.8 Å². The highest BCUT2D eigenvalue weighted by atomic mass is 16.6. The molecule has 0 aromatic heterocycles. The molecule has 6 nitrogen and oxygen atoms in total. The van der Waals surface area contributed by atoms with Crippen molar-refractivity contribution in [3.63, 3.8) is 0 Å². The first-order valence-electron chi connectivity index (χ1n) is 13.8. The van der Waals surface area contributed by atoms with E-state index in [1.807, 2.05) is 12.1 Å². The molecule has 1 unspecified atom stereocenters. The van der Waals surface area contributed by atoms with E-state index in [4.69, 9.17) is 14.2 Å². The largest absolute Gasteiger partial charge is 0.488 e. The summed E-state index contributed by atoms with van der Waals surface area (Å²) in [6.07, 6.45) is 9.61. The Balaban J connectivity index is 1.71. The third-order valence-corrected chi connectivity index (χ3v) is 7.96. The van der Waals surface area contributed by atoms with Crippen molar-refractivity contribution < 1.29 is 29.2 Å². The number of esters is 1. The molecule has 1 saturated carbocycles. The summed E-state index contributed by atoms with van der Waals surface area (Å²) in [5, 5.41) is 20.3. The van der Waals surface area contributed by atoms with Gasteiger partial charge in [-0.25, -0.2) is 0 Å². The van der Waals surface area contributed by atoms with Crippen LogP contribution in [0, 0.1) is 17.8 Å². The van der Waals surface area contributed by atoms with Gasteiger partial charge in [0.15, 0.2) is 6.29 Å². The third kappa shape index (κ3) is 7.93. The minimum absolute atomic E-state index is 0.0776. The Kier molecular flexibility index (Phi) is 11.3. The number of carbonyl (C=O) groups excluding carboxylic acids is 1. The second kappa shape index (κ2) is 14.2. The van der Waals surface area contributed by atoms with Gasteiger partial charge in [-0.05, 0) is 79.9 Å². The molecule has 0 spiro atoms. The van der Waals surface area contributed by atoms with Crippen LogP contribution in [0.1, 0.15) is 89.2 Å². The van der Waals surface area contributed by atoms with E-state index in [2.05, 4.69) is 19.9 Å². The second-order valence-corrected chi connectivity index (χ2v) is 10.5. The van der Waals surface area contributed by atoms with E-state index < -0.39 is 6.29 Å². The van der Waals surface area contributed by atoms with E-state index in [-0.39, 0.29) is 30.7 Å². The highest BCUT2D eigenvalue weighted by Gasteiger charge is 2.47. The Morgan fingerprint density at radius 2 is 1.89 bits per heavy atom. The highest BCUT2D eigenvalue weighted by molar-refractivity contribution is 5.69. The molecule has 0 aliphatic heterocycles. The molecule has 2 aliphatic carbocycles. The molecule has 2 N–H and O–H groups in total. The SMILES string of the molecule is CCCCC[C@@H](O)CC[C@@H]1[C@H]2Cc3cccc(OCC(O)OC)c3C[C@H]2C[C@H]1OC(=O)CCCC. The van der Waals surface area contributed by atoms with Crippen LogP contribution in [0.5, 0.6) is 5.75 Å². The first kappa shape index (κ1) is 27.9. The zero-order valence-corrected chi connectivity index (χ0v) is 21.9. The molecule has 0 saturated heterocycles. The van der Waals surface area contributed by atoms with Crippen LogP contribution in [-0.2, 0) is 27.1 Å². The Labute approximate surface area is 211 Å². The number of ether oxygens (including phenoxy) is 3. The van der Waals surface area contributed by atoms with Crippen LogP contribution in [-0.4, -0.2) is 48.4 Å². The molecule has 6 heteroatoms. The number of carbonyl (C=O) groups is 1. The number of hydrogen-bond acceptors (Lipinski definition) is 6. The smallest absolute Gasteiger partial charge is 0.306 e. The highest BCUT2D eigenvalue weighted by Crippen LogP contribution is 2.49. The fraction of sp³-hybridized carbons (Fsp3) is 0.759. The number of unbranched alkanes of at least 4 members (excludes halogenated alkanes) is 3. The zero-order valence-electron chi connectivity index (χ0n) is 21.9. The number of hydrogen-bond donors (Lipinski definition) is 2. The van der Waals surface area contributed by atoms with Crippen molar-refractivity contribution in [2.45, 2.75) is 109 Å². The molecular formula is C29H46O6. The fourth-order valence-corrected chi connectivity index (χ4v) is 5.98. The molecule has 2 aliphatic rings. The monoisotopic (exact) mass is 490 g/mol. The number of fused-ring (bicyclic) bond motifs is 2. The Morgan fingerprint density at radius 1 is 1.09 bits per heavy atom. The van der Waals surface area contributed by atoms with Crippen LogP contribution in [0.2, 0.25) is 0 Å². The maximum atomic E-state index is 12.5. The summed E-state index contributed by atoms with van der Waals surface area (Å²) in [5.41, 5.74) is 2.48. The van der Waals surface area contributed by atoms with E-state index in [9.17, 15) is 15.0 Å². The van der Waals surface area contributed by atoms with E-state index in [0.717, 1.165) is 76.4 Å². The number of methoxy groups -OCH3 is 1. The summed E-state index contributed by atoms with van der Waals surface area (Å²) < 4.78 is 16.9. The van der Waals surface area contributed by atoms with Crippen molar-refractivity contribution in [3.8, 4) is 5.75 Å². The first-order valence-corrected chi connectivity index (χ1v) is 13.8. The summed E-state index contributed by atoms with van der Waals surface area (Å²) in [4.78, 5) is 12.5. The van der Waals surface area contributed by atoms with Gasteiger partial charge in [-0.2, -0.15) is 0 Å². The van der Waals surface area contributed by atoms with Crippen LogP contribution < -0.4 is 4.74 Å². The lowest BCUT2D eigenvalue weighted by atomic mass is 9.73.